The van der Waals surface area contributed by atoms with Crippen molar-refractivity contribution in [1.82, 2.24) is 5.32 Å². The molecule has 0 aliphatic carbocycles. The Bertz CT molecular complexity index is 749. The van der Waals surface area contributed by atoms with Crippen LogP contribution in [-0.2, 0) is 10.5 Å². The SMILES string of the molecule is Cc1cccc(O[C@H](C)C(=O)NCCSCc2c(F)cccc2Cl)c1C. The van der Waals surface area contributed by atoms with E-state index in [4.69, 9.17) is 16.3 Å². The van der Waals surface area contributed by atoms with Crippen molar-refractivity contribution in [2.75, 3.05) is 12.3 Å². The van der Waals surface area contributed by atoms with Gasteiger partial charge in [-0.2, -0.15) is 11.8 Å². The summed E-state index contributed by atoms with van der Waals surface area (Å²) in [7, 11) is 0. The number of halogens is 2. The highest BCUT2D eigenvalue weighted by molar-refractivity contribution is 7.98. The number of carbonyl (C=O) groups is 1. The minimum Gasteiger partial charge on any atom is -0.481 e. The molecule has 1 amide bonds. The third-order valence-corrected chi connectivity index (χ3v) is 5.42. The first-order chi connectivity index (χ1) is 12.4. The van der Waals surface area contributed by atoms with Gasteiger partial charge in [-0.15, -0.1) is 0 Å². The van der Waals surface area contributed by atoms with Gasteiger partial charge in [0.05, 0.1) is 0 Å². The van der Waals surface area contributed by atoms with E-state index in [-0.39, 0.29) is 11.7 Å². The molecule has 6 heteroatoms. The molecule has 0 radical (unpaired) electrons. The zero-order chi connectivity index (χ0) is 19.1. The first kappa shape index (κ1) is 20.6. The number of thioether (sulfide) groups is 1. The van der Waals surface area contributed by atoms with E-state index in [1.54, 1.807) is 19.1 Å². The van der Waals surface area contributed by atoms with Crippen LogP contribution >= 0.6 is 23.4 Å². The van der Waals surface area contributed by atoms with E-state index in [0.29, 0.717) is 28.6 Å². The summed E-state index contributed by atoms with van der Waals surface area (Å²) in [6.45, 7) is 6.19. The lowest BCUT2D eigenvalue weighted by Crippen LogP contribution is -2.37. The van der Waals surface area contributed by atoms with Crippen molar-refractivity contribution < 1.29 is 13.9 Å². The average molecular weight is 396 g/mol. The summed E-state index contributed by atoms with van der Waals surface area (Å²) in [5, 5.41) is 3.27. The first-order valence-electron chi connectivity index (χ1n) is 8.41. The number of amides is 1. The van der Waals surface area contributed by atoms with Crippen LogP contribution < -0.4 is 10.1 Å². The maximum atomic E-state index is 13.7. The molecule has 3 nitrogen and oxygen atoms in total. The van der Waals surface area contributed by atoms with E-state index >= 15 is 0 Å². The fraction of sp³-hybridized carbons (Fsp3) is 0.350. The summed E-state index contributed by atoms with van der Waals surface area (Å²) in [6.07, 6.45) is -0.582. The van der Waals surface area contributed by atoms with Crippen LogP contribution in [0.15, 0.2) is 36.4 Å². The minimum atomic E-state index is -0.582. The van der Waals surface area contributed by atoms with Gasteiger partial charge in [-0.3, -0.25) is 4.79 Å². The Morgan fingerprint density at radius 1 is 1.27 bits per heavy atom. The van der Waals surface area contributed by atoms with Crippen molar-refractivity contribution in [2.24, 2.45) is 0 Å². The highest BCUT2D eigenvalue weighted by Crippen LogP contribution is 2.24. The number of hydrogen-bond donors (Lipinski definition) is 1. The lowest BCUT2D eigenvalue weighted by Gasteiger charge is -2.17. The van der Waals surface area contributed by atoms with Crippen LogP contribution in [0.1, 0.15) is 23.6 Å². The molecule has 1 N–H and O–H groups in total. The molecular weight excluding hydrogens is 373 g/mol. The molecule has 0 heterocycles. The van der Waals surface area contributed by atoms with Gasteiger partial charge in [0, 0.05) is 28.6 Å². The molecule has 0 aromatic heterocycles. The number of nitrogens with one attached hydrogen (secondary N) is 1. The third-order valence-electron chi connectivity index (χ3n) is 4.08. The van der Waals surface area contributed by atoms with Crippen LogP contribution in [0.3, 0.4) is 0 Å². The molecule has 0 aliphatic heterocycles. The maximum absolute atomic E-state index is 13.7. The van der Waals surface area contributed by atoms with Gasteiger partial charge >= 0.3 is 0 Å². The quantitative estimate of drug-likeness (QED) is 0.645. The molecule has 0 spiro atoms. The van der Waals surface area contributed by atoms with Gasteiger partial charge in [0.25, 0.3) is 5.91 Å². The van der Waals surface area contributed by atoms with E-state index in [0.717, 1.165) is 16.9 Å². The fourth-order valence-corrected chi connectivity index (χ4v) is 3.53. The molecule has 0 fully saturated rings. The second kappa shape index (κ2) is 9.83. The second-order valence-electron chi connectivity index (χ2n) is 6.00. The summed E-state index contributed by atoms with van der Waals surface area (Å²) in [6, 6.07) is 10.4. The molecular formula is C20H23ClFNO2S. The van der Waals surface area contributed by atoms with Gasteiger partial charge < -0.3 is 10.1 Å². The van der Waals surface area contributed by atoms with E-state index in [1.807, 2.05) is 32.0 Å². The Morgan fingerprint density at radius 3 is 2.73 bits per heavy atom. The number of ether oxygens (including phenoxy) is 1. The lowest BCUT2D eigenvalue weighted by atomic mass is 10.1. The first-order valence-corrected chi connectivity index (χ1v) is 9.94. The van der Waals surface area contributed by atoms with E-state index in [9.17, 15) is 9.18 Å². The van der Waals surface area contributed by atoms with E-state index < -0.39 is 6.10 Å². The van der Waals surface area contributed by atoms with Crippen molar-refractivity contribution in [1.29, 1.82) is 0 Å². The molecule has 0 unspecified atom stereocenters. The fourth-order valence-electron chi connectivity index (χ4n) is 2.33. The smallest absolute Gasteiger partial charge is 0.260 e. The van der Waals surface area contributed by atoms with Gasteiger partial charge in [-0.05, 0) is 50.1 Å². The predicted octanol–water partition coefficient (Wildman–Crippen LogP) is 4.91. The predicted molar refractivity (Wildman–Crippen MR) is 107 cm³/mol. The molecule has 26 heavy (non-hydrogen) atoms. The number of hydrogen-bond acceptors (Lipinski definition) is 3. The average Bonchev–Trinajstić information content (AvgIpc) is 2.60. The van der Waals surface area contributed by atoms with Gasteiger partial charge in [-0.25, -0.2) is 4.39 Å². The van der Waals surface area contributed by atoms with Crippen molar-refractivity contribution in [2.45, 2.75) is 32.6 Å². The number of carbonyl (C=O) groups excluding carboxylic acids is 1. The Hall–Kier alpha value is -1.72. The second-order valence-corrected chi connectivity index (χ2v) is 7.51. The molecule has 0 aliphatic rings. The standard InChI is InChI=1S/C20H23ClFNO2S/c1-13-6-4-9-19(14(13)2)25-15(3)20(24)23-10-11-26-12-16-17(21)7-5-8-18(16)22/h4-9,15H,10-12H2,1-3H3,(H,23,24)/t15-/m1/s1. The Morgan fingerprint density at radius 2 is 2.00 bits per heavy atom. The topological polar surface area (TPSA) is 38.3 Å². The Labute approximate surface area is 163 Å². The summed E-state index contributed by atoms with van der Waals surface area (Å²) < 4.78 is 19.4. The van der Waals surface area contributed by atoms with Crippen LogP contribution in [-0.4, -0.2) is 24.3 Å². The van der Waals surface area contributed by atoms with Gasteiger partial charge in [0.1, 0.15) is 11.6 Å². The van der Waals surface area contributed by atoms with Crippen molar-refractivity contribution in [3.8, 4) is 5.75 Å². The van der Waals surface area contributed by atoms with Crippen LogP contribution in [0.5, 0.6) is 5.75 Å². The lowest BCUT2D eigenvalue weighted by molar-refractivity contribution is -0.127. The molecule has 1 atom stereocenters. The summed E-state index contributed by atoms with van der Waals surface area (Å²) in [5.41, 5.74) is 2.65. The van der Waals surface area contributed by atoms with Crippen molar-refractivity contribution in [3.05, 3.63) is 63.9 Å². The molecule has 0 saturated heterocycles. The van der Waals surface area contributed by atoms with Crippen molar-refractivity contribution in [3.63, 3.8) is 0 Å². The molecule has 0 saturated carbocycles. The van der Waals surface area contributed by atoms with Crippen LogP contribution in [0.25, 0.3) is 0 Å². The number of aryl methyl sites for hydroxylation is 1. The largest absolute Gasteiger partial charge is 0.481 e. The maximum Gasteiger partial charge on any atom is 0.260 e. The number of rotatable bonds is 8. The molecule has 0 bridgehead atoms. The molecule has 140 valence electrons. The van der Waals surface area contributed by atoms with Crippen LogP contribution in [0, 0.1) is 19.7 Å². The zero-order valence-electron chi connectivity index (χ0n) is 15.1. The van der Waals surface area contributed by atoms with Crippen molar-refractivity contribution >= 4 is 29.3 Å². The monoisotopic (exact) mass is 395 g/mol. The Kier molecular flexibility index (Phi) is 7.79. The highest BCUT2D eigenvalue weighted by Gasteiger charge is 2.15. The van der Waals surface area contributed by atoms with Gasteiger partial charge in [-0.1, -0.05) is 29.8 Å². The molecule has 2 aromatic carbocycles. The third kappa shape index (κ3) is 5.64. The van der Waals surface area contributed by atoms with E-state index in [1.165, 1.54) is 17.8 Å². The molecule has 2 aromatic rings. The van der Waals surface area contributed by atoms with Crippen LogP contribution in [0.2, 0.25) is 5.02 Å². The van der Waals surface area contributed by atoms with Crippen LogP contribution in [0.4, 0.5) is 4.39 Å². The van der Waals surface area contributed by atoms with Gasteiger partial charge in [0.2, 0.25) is 0 Å². The summed E-state index contributed by atoms with van der Waals surface area (Å²) in [5.74, 6) is 1.37. The summed E-state index contributed by atoms with van der Waals surface area (Å²) >= 11 is 7.51. The highest BCUT2D eigenvalue weighted by atomic mass is 35.5. The number of benzene rings is 2. The Balaban J connectivity index is 1.74. The normalized spacial score (nSPS) is 11.9. The zero-order valence-corrected chi connectivity index (χ0v) is 16.7. The van der Waals surface area contributed by atoms with E-state index in [2.05, 4.69) is 5.32 Å². The minimum absolute atomic E-state index is 0.171. The molecule has 2 rings (SSSR count). The summed E-state index contributed by atoms with van der Waals surface area (Å²) in [4.78, 5) is 12.2. The van der Waals surface area contributed by atoms with Gasteiger partial charge in [0.15, 0.2) is 6.10 Å².